The monoisotopic (exact) mass is 333 g/mol. The molecule has 3 atom stereocenters. The SMILES string of the molecule is CC1CCC(C#N)(C(O)c2cc(Br)c(Cl)s2)C1. The summed E-state index contributed by atoms with van der Waals surface area (Å²) in [6.07, 6.45) is 1.80. The number of aliphatic hydroxyl groups excluding tert-OH is 1. The standard InChI is InChI=1S/C12H13BrClNOS/c1-7-2-3-12(5-7,6-15)10(16)9-4-8(13)11(14)17-9/h4,7,10,16H,2-3,5H2,1H3. The molecule has 2 nitrogen and oxygen atoms in total. The van der Waals surface area contributed by atoms with E-state index in [0.717, 1.165) is 28.6 Å². The van der Waals surface area contributed by atoms with Crippen LogP contribution in [0, 0.1) is 22.7 Å². The van der Waals surface area contributed by atoms with E-state index in [0.29, 0.717) is 10.3 Å². The lowest BCUT2D eigenvalue weighted by atomic mass is 9.80. The molecule has 0 saturated heterocycles. The number of nitriles is 1. The van der Waals surface area contributed by atoms with Crippen LogP contribution in [0.5, 0.6) is 0 Å². The molecule has 1 fully saturated rings. The van der Waals surface area contributed by atoms with Crippen molar-refractivity contribution in [1.82, 2.24) is 0 Å². The normalized spacial score (nSPS) is 30.2. The van der Waals surface area contributed by atoms with Gasteiger partial charge in [-0.05, 0) is 47.2 Å². The maximum atomic E-state index is 10.4. The molecular weight excluding hydrogens is 322 g/mol. The van der Waals surface area contributed by atoms with Gasteiger partial charge in [0.1, 0.15) is 10.4 Å². The van der Waals surface area contributed by atoms with Crippen LogP contribution >= 0.6 is 38.9 Å². The third kappa shape index (κ3) is 2.39. The molecule has 0 aliphatic heterocycles. The molecule has 17 heavy (non-hydrogen) atoms. The fraction of sp³-hybridized carbons (Fsp3) is 0.583. The van der Waals surface area contributed by atoms with Crippen LogP contribution in [0.25, 0.3) is 0 Å². The fourth-order valence-electron chi connectivity index (χ4n) is 2.51. The first-order valence-corrected chi connectivity index (χ1v) is 7.51. The van der Waals surface area contributed by atoms with E-state index in [9.17, 15) is 10.4 Å². The van der Waals surface area contributed by atoms with Gasteiger partial charge in [-0.25, -0.2) is 0 Å². The quantitative estimate of drug-likeness (QED) is 0.863. The molecule has 1 aromatic rings. The Morgan fingerprint density at radius 3 is 2.88 bits per heavy atom. The lowest BCUT2D eigenvalue weighted by Gasteiger charge is -2.26. The van der Waals surface area contributed by atoms with E-state index in [-0.39, 0.29) is 0 Å². The molecule has 1 aliphatic carbocycles. The average molecular weight is 335 g/mol. The van der Waals surface area contributed by atoms with E-state index in [1.165, 1.54) is 11.3 Å². The zero-order chi connectivity index (χ0) is 12.6. The molecule has 1 N–H and O–H groups in total. The Kier molecular flexibility index (Phi) is 3.84. The largest absolute Gasteiger partial charge is 0.386 e. The van der Waals surface area contributed by atoms with Gasteiger partial charge in [-0.2, -0.15) is 5.26 Å². The number of hydrogen-bond acceptors (Lipinski definition) is 3. The molecule has 1 aliphatic rings. The first-order valence-electron chi connectivity index (χ1n) is 5.52. The molecule has 92 valence electrons. The number of halogens is 2. The third-order valence-electron chi connectivity index (χ3n) is 3.48. The molecule has 0 aromatic carbocycles. The van der Waals surface area contributed by atoms with Gasteiger partial charge in [0.25, 0.3) is 0 Å². The Bertz CT molecular complexity index is 450. The van der Waals surface area contributed by atoms with Gasteiger partial charge in [0.15, 0.2) is 0 Å². The minimum atomic E-state index is -0.730. The van der Waals surface area contributed by atoms with Crippen LogP contribution in [0.15, 0.2) is 10.5 Å². The van der Waals surface area contributed by atoms with E-state index in [2.05, 4.69) is 28.9 Å². The molecule has 0 amide bonds. The molecule has 0 spiro atoms. The molecule has 3 unspecified atom stereocenters. The predicted octanol–water partition coefficient (Wildman–Crippen LogP) is 4.53. The molecule has 5 heteroatoms. The van der Waals surface area contributed by atoms with Crippen LogP contribution < -0.4 is 0 Å². The zero-order valence-electron chi connectivity index (χ0n) is 9.41. The summed E-state index contributed by atoms with van der Waals surface area (Å²) in [6, 6.07) is 4.15. The summed E-state index contributed by atoms with van der Waals surface area (Å²) in [5, 5.41) is 19.8. The maximum Gasteiger partial charge on any atom is 0.107 e. The third-order valence-corrected chi connectivity index (χ3v) is 6.00. The summed E-state index contributed by atoms with van der Waals surface area (Å²) < 4.78 is 1.41. The summed E-state index contributed by atoms with van der Waals surface area (Å²) >= 11 is 10.6. The number of aliphatic hydroxyl groups is 1. The smallest absolute Gasteiger partial charge is 0.107 e. The molecule has 1 saturated carbocycles. The second-order valence-corrected chi connectivity index (χ2v) is 7.33. The van der Waals surface area contributed by atoms with Gasteiger partial charge in [0.05, 0.1) is 11.5 Å². The first-order chi connectivity index (χ1) is 7.98. The van der Waals surface area contributed by atoms with Crippen molar-refractivity contribution in [2.45, 2.75) is 32.3 Å². The second-order valence-electron chi connectivity index (χ2n) is 4.79. The van der Waals surface area contributed by atoms with Crippen molar-refractivity contribution in [2.24, 2.45) is 11.3 Å². The molecule has 0 radical (unpaired) electrons. The highest BCUT2D eigenvalue weighted by Crippen LogP contribution is 2.51. The van der Waals surface area contributed by atoms with E-state index in [1.807, 2.05) is 6.07 Å². The van der Waals surface area contributed by atoms with Gasteiger partial charge in [-0.3, -0.25) is 0 Å². The van der Waals surface area contributed by atoms with Crippen molar-refractivity contribution >= 4 is 38.9 Å². The van der Waals surface area contributed by atoms with Crippen LogP contribution in [0.3, 0.4) is 0 Å². The Morgan fingerprint density at radius 1 is 1.76 bits per heavy atom. The van der Waals surface area contributed by atoms with Crippen molar-refractivity contribution < 1.29 is 5.11 Å². The Morgan fingerprint density at radius 2 is 2.47 bits per heavy atom. The summed E-state index contributed by atoms with van der Waals surface area (Å²) in [6.45, 7) is 2.13. The van der Waals surface area contributed by atoms with Crippen molar-refractivity contribution in [3.8, 4) is 6.07 Å². The van der Waals surface area contributed by atoms with Crippen molar-refractivity contribution in [1.29, 1.82) is 5.26 Å². The average Bonchev–Trinajstić information content (AvgIpc) is 2.84. The molecule has 2 rings (SSSR count). The minimum Gasteiger partial charge on any atom is -0.386 e. The minimum absolute atomic E-state index is 0.503. The van der Waals surface area contributed by atoms with Crippen molar-refractivity contribution in [3.63, 3.8) is 0 Å². The second kappa shape index (κ2) is 4.89. The van der Waals surface area contributed by atoms with Gasteiger partial charge in [0, 0.05) is 9.35 Å². The van der Waals surface area contributed by atoms with Gasteiger partial charge in [-0.1, -0.05) is 18.5 Å². The Hall–Kier alpha value is -0.0800. The highest BCUT2D eigenvalue weighted by Gasteiger charge is 2.45. The van der Waals surface area contributed by atoms with Gasteiger partial charge in [-0.15, -0.1) is 11.3 Å². The van der Waals surface area contributed by atoms with Crippen LogP contribution in [-0.4, -0.2) is 5.11 Å². The van der Waals surface area contributed by atoms with Crippen LogP contribution in [0.2, 0.25) is 4.34 Å². The van der Waals surface area contributed by atoms with Crippen molar-refractivity contribution in [3.05, 3.63) is 19.8 Å². The summed E-state index contributed by atoms with van der Waals surface area (Å²) in [5.74, 6) is 0.503. The van der Waals surface area contributed by atoms with Gasteiger partial charge < -0.3 is 5.11 Å². The molecule has 1 aromatic heterocycles. The van der Waals surface area contributed by atoms with Gasteiger partial charge in [0.2, 0.25) is 0 Å². The highest BCUT2D eigenvalue weighted by atomic mass is 79.9. The highest BCUT2D eigenvalue weighted by molar-refractivity contribution is 9.10. The van der Waals surface area contributed by atoms with Gasteiger partial charge >= 0.3 is 0 Å². The first kappa shape index (κ1) is 13.4. The number of rotatable bonds is 2. The molecular formula is C12H13BrClNOS. The van der Waals surface area contributed by atoms with E-state index >= 15 is 0 Å². The lowest BCUT2D eigenvalue weighted by molar-refractivity contribution is 0.0678. The van der Waals surface area contributed by atoms with Crippen LogP contribution in [0.4, 0.5) is 0 Å². The van der Waals surface area contributed by atoms with Crippen LogP contribution in [0.1, 0.15) is 37.2 Å². The summed E-state index contributed by atoms with van der Waals surface area (Å²) in [4.78, 5) is 0.775. The number of hydrogen-bond donors (Lipinski definition) is 1. The summed E-state index contributed by atoms with van der Waals surface area (Å²) in [5.41, 5.74) is -0.632. The van der Waals surface area contributed by atoms with E-state index in [1.54, 1.807) is 0 Å². The van der Waals surface area contributed by atoms with E-state index < -0.39 is 11.5 Å². The maximum absolute atomic E-state index is 10.4. The molecule has 1 heterocycles. The van der Waals surface area contributed by atoms with Crippen molar-refractivity contribution in [2.75, 3.05) is 0 Å². The fourth-order valence-corrected chi connectivity index (χ4v) is 4.35. The van der Waals surface area contributed by atoms with E-state index in [4.69, 9.17) is 11.6 Å². The summed E-state index contributed by atoms with van der Waals surface area (Å²) in [7, 11) is 0. The van der Waals surface area contributed by atoms with Crippen LogP contribution in [-0.2, 0) is 0 Å². The zero-order valence-corrected chi connectivity index (χ0v) is 12.6. The lowest BCUT2D eigenvalue weighted by Crippen LogP contribution is -2.23. The Balaban J connectivity index is 2.30. The molecule has 0 bridgehead atoms. The Labute approximate surface area is 118 Å². The topological polar surface area (TPSA) is 44.0 Å². The number of thiophene rings is 1. The number of nitrogens with zero attached hydrogens (tertiary/aromatic N) is 1. The predicted molar refractivity (Wildman–Crippen MR) is 73.0 cm³/mol.